The lowest BCUT2D eigenvalue weighted by atomic mass is 10.2. The maximum atomic E-state index is 12.2. The molecule has 1 fully saturated rings. The van der Waals surface area contributed by atoms with Crippen LogP contribution in [0.3, 0.4) is 0 Å². The van der Waals surface area contributed by atoms with Gasteiger partial charge in [-0.2, -0.15) is 0 Å². The summed E-state index contributed by atoms with van der Waals surface area (Å²) in [6, 6.07) is 11.5. The number of amides is 3. The van der Waals surface area contributed by atoms with E-state index in [0.29, 0.717) is 40.8 Å². The maximum absolute atomic E-state index is 12.2. The first kappa shape index (κ1) is 18.7. The van der Waals surface area contributed by atoms with Crippen molar-refractivity contribution in [1.82, 2.24) is 0 Å². The normalized spacial score (nSPS) is 13.4. The van der Waals surface area contributed by atoms with Crippen LogP contribution < -0.4 is 20.3 Å². The number of methoxy groups -OCH3 is 1. The van der Waals surface area contributed by atoms with Crippen LogP contribution in [0.15, 0.2) is 42.5 Å². The van der Waals surface area contributed by atoms with E-state index in [0.717, 1.165) is 6.42 Å². The van der Waals surface area contributed by atoms with Crippen LogP contribution in [0.1, 0.15) is 12.8 Å². The molecular weight excluding hydrogens is 370 g/mol. The molecule has 3 amide bonds. The zero-order valence-electron chi connectivity index (χ0n) is 14.6. The van der Waals surface area contributed by atoms with Crippen molar-refractivity contribution in [1.29, 1.82) is 0 Å². The van der Waals surface area contributed by atoms with Crippen molar-refractivity contribution >= 4 is 46.4 Å². The number of halogens is 1. The minimum atomic E-state index is -0.849. The summed E-state index contributed by atoms with van der Waals surface area (Å²) in [4.78, 5) is 38.0. The molecular formula is C19H18ClN3O4. The van der Waals surface area contributed by atoms with Crippen LogP contribution in [0.4, 0.5) is 17.1 Å². The molecule has 0 radical (unpaired) electrons. The first-order chi connectivity index (χ1) is 13.0. The van der Waals surface area contributed by atoms with Crippen molar-refractivity contribution in [2.75, 3.05) is 29.2 Å². The average molecular weight is 388 g/mol. The van der Waals surface area contributed by atoms with Crippen molar-refractivity contribution < 1.29 is 19.1 Å². The fourth-order valence-corrected chi connectivity index (χ4v) is 2.99. The summed E-state index contributed by atoms with van der Waals surface area (Å²) >= 11 is 5.98. The molecule has 2 aromatic rings. The van der Waals surface area contributed by atoms with E-state index in [1.165, 1.54) is 7.11 Å². The second kappa shape index (κ2) is 8.09. The monoisotopic (exact) mass is 387 g/mol. The van der Waals surface area contributed by atoms with Gasteiger partial charge in [0.2, 0.25) is 5.91 Å². The quantitative estimate of drug-likeness (QED) is 0.789. The lowest BCUT2D eigenvalue weighted by Crippen LogP contribution is -2.29. The number of para-hydroxylation sites is 1. The molecule has 1 aliphatic rings. The number of hydrogen-bond acceptors (Lipinski definition) is 4. The lowest BCUT2D eigenvalue weighted by Gasteiger charge is -2.20. The van der Waals surface area contributed by atoms with Gasteiger partial charge >= 0.3 is 11.8 Å². The molecule has 0 atom stereocenters. The van der Waals surface area contributed by atoms with Gasteiger partial charge in [-0.3, -0.25) is 14.4 Å². The molecule has 0 saturated carbocycles. The van der Waals surface area contributed by atoms with Gasteiger partial charge in [-0.1, -0.05) is 23.7 Å². The largest absolute Gasteiger partial charge is 0.495 e. The molecule has 0 bridgehead atoms. The zero-order valence-corrected chi connectivity index (χ0v) is 15.4. The number of nitrogens with zero attached hydrogens (tertiary/aromatic N) is 1. The molecule has 0 aliphatic carbocycles. The highest BCUT2D eigenvalue weighted by Crippen LogP contribution is 2.34. The van der Waals surface area contributed by atoms with E-state index in [4.69, 9.17) is 16.3 Å². The third-order valence-electron chi connectivity index (χ3n) is 4.13. The second-order valence-corrected chi connectivity index (χ2v) is 6.33. The van der Waals surface area contributed by atoms with E-state index in [9.17, 15) is 14.4 Å². The highest BCUT2D eigenvalue weighted by molar-refractivity contribution is 6.44. The molecule has 2 aromatic carbocycles. The first-order valence-electron chi connectivity index (χ1n) is 8.35. The molecule has 8 heteroatoms. The van der Waals surface area contributed by atoms with E-state index in [-0.39, 0.29) is 5.91 Å². The Labute approximate surface area is 161 Å². The third kappa shape index (κ3) is 4.20. The van der Waals surface area contributed by atoms with Crippen molar-refractivity contribution in [2.45, 2.75) is 12.8 Å². The third-order valence-corrected chi connectivity index (χ3v) is 4.46. The molecule has 7 nitrogen and oxygen atoms in total. The summed E-state index contributed by atoms with van der Waals surface area (Å²) in [7, 11) is 1.51. The van der Waals surface area contributed by atoms with Gasteiger partial charge in [0, 0.05) is 18.7 Å². The molecule has 2 N–H and O–H groups in total. The highest BCUT2D eigenvalue weighted by atomic mass is 35.5. The molecule has 140 valence electrons. The van der Waals surface area contributed by atoms with Gasteiger partial charge in [0.25, 0.3) is 0 Å². The topological polar surface area (TPSA) is 87.7 Å². The summed E-state index contributed by atoms with van der Waals surface area (Å²) in [5.41, 5.74) is 1.28. The van der Waals surface area contributed by atoms with Crippen LogP contribution >= 0.6 is 11.6 Å². The zero-order chi connectivity index (χ0) is 19.4. The maximum Gasteiger partial charge on any atom is 0.314 e. The summed E-state index contributed by atoms with van der Waals surface area (Å²) in [6.45, 7) is 0.583. The van der Waals surface area contributed by atoms with Gasteiger partial charge < -0.3 is 20.3 Å². The number of carbonyl (C=O) groups is 3. The van der Waals surface area contributed by atoms with Gasteiger partial charge in [-0.05, 0) is 36.8 Å². The van der Waals surface area contributed by atoms with E-state index >= 15 is 0 Å². The smallest absolute Gasteiger partial charge is 0.314 e. The van der Waals surface area contributed by atoms with Gasteiger partial charge in [-0.15, -0.1) is 0 Å². The number of benzene rings is 2. The first-order valence-corrected chi connectivity index (χ1v) is 8.72. The molecule has 0 unspecified atom stereocenters. The Morgan fingerprint density at radius 2 is 1.85 bits per heavy atom. The Morgan fingerprint density at radius 3 is 2.52 bits per heavy atom. The summed E-state index contributed by atoms with van der Waals surface area (Å²) < 4.78 is 5.31. The number of nitrogens with one attached hydrogen (secondary N) is 2. The van der Waals surface area contributed by atoms with Gasteiger partial charge in [0.05, 0.1) is 23.5 Å². The van der Waals surface area contributed by atoms with E-state index in [2.05, 4.69) is 10.6 Å². The van der Waals surface area contributed by atoms with Crippen LogP contribution in [0.2, 0.25) is 5.02 Å². The molecule has 27 heavy (non-hydrogen) atoms. The Kier molecular flexibility index (Phi) is 5.61. The summed E-state index contributed by atoms with van der Waals surface area (Å²) in [5.74, 6) is -1.19. The minimum Gasteiger partial charge on any atom is -0.495 e. The molecule has 0 aromatic heterocycles. The van der Waals surface area contributed by atoms with Crippen molar-refractivity contribution in [3.63, 3.8) is 0 Å². The SMILES string of the molecule is COc1ccc(NC(=O)C(=O)Nc2ccccc2Cl)cc1N1CCCC1=O. The van der Waals surface area contributed by atoms with E-state index in [1.807, 2.05) is 0 Å². The van der Waals surface area contributed by atoms with Gasteiger partial charge in [0.1, 0.15) is 5.75 Å². The second-order valence-electron chi connectivity index (χ2n) is 5.92. The molecule has 1 heterocycles. The highest BCUT2D eigenvalue weighted by Gasteiger charge is 2.25. The fraction of sp³-hybridized carbons (Fsp3) is 0.211. The van der Waals surface area contributed by atoms with Crippen LogP contribution in [-0.4, -0.2) is 31.4 Å². The van der Waals surface area contributed by atoms with Crippen molar-refractivity contribution in [3.8, 4) is 5.75 Å². The van der Waals surface area contributed by atoms with E-state index in [1.54, 1.807) is 47.4 Å². The Bertz CT molecular complexity index is 900. The Balaban J connectivity index is 1.75. The van der Waals surface area contributed by atoms with Gasteiger partial charge in [-0.25, -0.2) is 0 Å². The number of anilines is 3. The average Bonchev–Trinajstić information content (AvgIpc) is 3.09. The van der Waals surface area contributed by atoms with E-state index < -0.39 is 11.8 Å². The predicted molar refractivity (Wildman–Crippen MR) is 103 cm³/mol. The predicted octanol–water partition coefficient (Wildman–Crippen LogP) is 3.05. The standard InChI is InChI=1S/C19H18ClN3O4/c1-27-16-9-8-12(11-15(16)23-10-4-7-17(23)24)21-18(25)19(26)22-14-6-3-2-5-13(14)20/h2-3,5-6,8-9,11H,4,7,10H2,1H3,(H,21,25)(H,22,26). The Morgan fingerprint density at radius 1 is 1.11 bits per heavy atom. The molecule has 1 aliphatic heterocycles. The van der Waals surface area contributed by atoms with Crippen LogP contribution in [0, 0.1) is 0 Å². The van der Waals surface area contributed by atoms with Crippen molar-refractivity contribution in [3.05, 3.63) is 47.5 Å². The molecule has 1 saturated heterocycles. The van der Waals surface area contributed by atoms with Gasteiger partial charge in [0.15, 0.2) is 0 Å². The lowest BCUT2D eigenvalue weighted by molar-refractivity contribution is -0.132. The number of hydrogen-bond donors (Lipinski definition) is 2. The number of carbonyl (C=O) groups excluding carboxylic acids is 3. The van der Waals surface area contributed by atoms with Crippen LogP contribution in [0.5, 0.6) is 5.75 Å². The molecule has 3 rings (SSSR count). The number of rotatable bonds is 4. The summed E-state index contributed by atoms with van der Waals surface area (Å²) in [5, 5.41) is 5.31. The Hall–Kier alpha value is -3.06. The number of ether oxygens (including phenoxy) is 1. The van der Waals surface area contributed by atoms with Crippen molar-refractivity contribution in [2.24, 2.45) is 0 Å². The summed E-state index contributed by atoms with van der Waals surface area (Å²) in [6.07, 6.45) is 1.23. The van der Waals surface area contributed by atoms with Crippen LogP contribution in [0.25, 0.3) is 0 Å². The molecule has 0 spiro atoms. The van der Waals surface area contributed by atoms with Crippen LogP contribution in [-0.2, 0) is 14.4 Å². The minimum absolute atomic E-state index is 0.00626. The fourth-order valence-electron chi connectivity index (χ4n) is 2.81.